The van der Waals surface area contributed by atoms with E-state index in [-0.39, 0.29) is 0 Å². The predicted octanol–water partition coefficient (Wildman–Crippen LogP) is 2.49. The highest BCUT2D eigenvalue weighted by Crippen LogP contribution is 2.29. The lowest BCUT2D eigenvalue weighted by Gasteiger charge is -2.37. The molecular formula is C14H28N2. The van der Waals surface area contributed by atoms with Gasteiger partial charge in [0.15, 0.2) is 0 Å². The van der Waals surface area contributed by atoms with Crippen LogP contribution in [-0.4, -0.2) is 37.1 Å². The molecule has 16 heavy (non-hydrogen) atoms. The molecule has 2 rings (SSSR count). The van der Waals surface area contributed by atoms with E-state index in [9.17, 15) is 0 Å². The second-order valence-electron chi connectivity index (χ2n) is 6.36. The molecule has 0 amide bonds. The zero-order valence-electron chi connectivity index (χ0n) is 11.2. The molecule has 0 aromatic carbocycles. The fourth-order valence-corrected chi connectivity index (χ4v) is 3.59. The first-order chi connectivity index (χ1) is 7.63. The van der Waals surface area contributed by atoms with Crippen LogP contribution in [0.1, 0.15) is 46.0 Å². The SMILES string of the molecule is CC1CC(C)CC(NC2CCN(C)CC2)C1. The highest BCUT2D eigenvalue weighted by molar-refractivity contribution is 4.84. The van der Waals surface area contributed by atoms with E-state index >= 15 is 0 Å². The monoisotopic (exact) mass is 224 g/mol. The van der Waals surface area contributed by atoms with Gasteiger partial charge in [-0.1, -0.05) is 13.8 Å². The first-order valence-electron chi connectivity index (χ1n) is 7.08. The molecule has 0 bridgehead atoms. The zero-order valence-corrected chi connectivity index (χ0v) is 11.2. The molecule has 2 aliphatic rings. The molecule has 1 N–H and O–H groups in total. The lowest BCUT2D eigenvalue weighted by atomic mass is 9.80. The Labute approximate surface area is 101 Å². The average Bonchev–Trinajstić information content (AvgIpc) is 2.20. The molecule has 1 aliphatic carbocycles. The maximum atomic E-state index is 3.91. The molecule has 2 unspecified atom stereocenters. The summed E-state index contributed by atoms with van der Waals surface area (Å²) >= 11 is 0. The number of hydrogen-bond acceptors (Lipinski definition) is 2. The Morgan fingerprint density at radius 1 is 0.875 bits per heavy atom. The lowest BCUT2D eigenvalue weighted by Crippen LogP contribution is -2.47. The van der Waals surface area contributed by atoms with Crippen molar-refractivity contribution in [3.8, 4) is 0 Å². The number of nitrogens with zero attached hydrogens (tertiary/aromatic N) is 1. The summed E-state index contributed by atoms with van der Waals surface area (Å²) in [5.74, 6) is 1.85. The van der Waals surface area contributed by atoms with Gasteiger partial charge in [-0.3, -0.25) is 0 Å². The summed E-state index contributed by atoms with van der Waals surface area (Å²) in [5, 5.41) is 3.91. The normalized spacial score (nSPS) is 38.8. The molecule has 2 atom stereocenters. The first-order valence-corrected chi connectivity index (χ1v) is 7.08. The maximum Gasteiger partial charge on any atom is 0.00940 e. The molecule has 0 spiro atoms. The van der Waals surface area contributed by atoms with Crippen molar-refractivity contribution < 1.29 is 0 Å². The molecule has 1 heterocycles. The Kier molecular flexibility index (Phi) is 4.26. The minimum atomic E-state index is 0.790. The Bertz CT molecular complexity index is 199. The summed E-state index contributed by atoms with van der Waals surface area (Å²) < 4.78 is 0. The van der Waals surface area contributed by atoms with E-state index in [1.54, 1.807) is 0 Å². The van der Waals surface area contributed by atoms with E-state index < -0.39 is 0 Å². The molecule has 2 nitrogen and oxygen atoms in total. The fourth-order valence-electron chi connectivity index (χ4n) is 3.59. The van der Waals surface area contributed by atoms with Gasteiger partial charge in [0.1, 0.15) is 0 Å². The summed E-state index contributed by atoms with van der Waals surface area (Å²) in [6, 6.07) is 1.59. The van der Waals surface area contributed by atoms with E-state index in [1.165, 1.54) is 45.2 Å². The molecule has 0 aromatic heterocycles. The van der Waals surface area contributed by atoms with Gasteiger partial charge < -0.3 is 10.2 Å². The van der Waals surface area contributed by atoms with Crippen molar-refractivity contribution in [3.63, 3.8) is 0 Å². The Morgan fingerprint density at radius 2 is 1.44 bits per heavy atom. The van der Waals surface area contributed by atoms with Crippen molar-refractivity contribution in [1.82, 2.24) is 10.2 Å². The van der Waals surface area contributed by atoms with Gasteiger partial charge >= 0.3 is 0 Å². The second kappa shape index (κ2) is 5.50. The lowest BCUT2D eigenvalue weighted by molar-refractivity contribution is 0.184. The molecule has 0 radical (unpaired) electrons. The number of rotatable bonds is 2. The minimum absolute atomic E-state index is 0.790. The van der Waals surface area contributed by atoms with Crippen LogP contribution in [0.15, 0.2) is 0 Å². The zero-order chi connectivity index (χ0) is 11.5. The highest BCUT2D eigenvalue weighted by Gasteiger charge is 2.26. The van der Waals surface area contributed by atoms with Gasteiger partial charge in [0.25, 0.3) is 0 Å². The van der Waals surface area contributed by atoms with Crippen molar-refractivity contribution in [2.75, 3.05) is 20.1 Å². The summed E-state index contributed by atoms with van der Waals surface area (Å²) in [4.78, 5) is 2.45. The van der Waals surface area contributed by atoms with E-state index in [0.717, 1.165) is 23.9 Å². The third-order valence-electron chi connectivity index (χ3n) is 4.37. The highest BCUT2D eigenvalue weighted by atomic mass is 15.1. The van der Waals surface area contributed by atoms with E-state index in [1.807, 2.05) is 0 Å². The third-order valence-corrected chi connectivity index (χ3v) is 4.37. The van der Waals surface area contributed by atoms with Crippen LogP contribution in [0.3, 0.4) is 0 Å². The largest absolute Gasteiger partial charge is 0.311 e. The molecule has 1 aliphatic heterocycles. The summed E-state index contributed by atoms with van der Waals surface area (Å²) in [6.07, 6.45) is 6.92. The smallest absolute Gasteiger partial charge is 0.00940 e. The molecular weight excluding hydrogens is 196 g/mol. The molecule has 0 aromatic rings. The summed E-state index contributed by atoms with van der Waals surface area (Å²) in [7, 11) is 2.24. The van der Waals surface area contributed by atoms with E-state index in [0.29, 0.717) is 0 Å². The van der Waals surface area contributed by atoms with Gasteiger partial charge in [-0.2, -0.15) is 0 Å². The van der Waals surface area contributed by atoms with Gasteiger partial charge in [-0.25, -0.2) is 0 Å². The number of nitrogens with one attached hydrogen (secondary N) is 1. The van der Waals surface area contributed by atoms with Crippen molar-refractivity contribution in [3.05, 3.63) is 0 Å². The first kappa shape index (κ1) is 12.4. The van der Waals surface area contributed by atoms with Crippen LogP contribution in [0.2, 0.25) is 0 Å². The van der Waals surface area contributed by atoms with Crippen LogP contribution in [0.4, 0.5) is 0 Å². The van der Waals surface area contributed by atoms with Gasteiger partial charge in [0.2, 0.25) is 0 Å². The second-order valence-corrected chi connectivity index (χ2v) is 6.36. The maximum absolute atomic E-state index is 3.91. The summed E-state index contributed by atoms with van der Waals surface area (Å²) in [5.41, 5.74) is 0. The molecule has 1 saturated carbocycles. The quantitative estimate of drug-likeness (QED) is 0.775. The van der Waals surface area contributed by atoms with Crippen LogP contribution in [0.25, 0.3) is 0 Å². The van der Waals surface area contributed by atoms with Crippen molar-refractivity contribution in [1.29, 1.82) is 0 Å². The standard InChI is InChI=1S/C14H28N2/c1-11-8-12(2)10-14(9-11)15-13-4-6-16(3)7-5-13/h11-15H,4-10H2,1-3H3. The van der Waals surface area contributed by atoms with Gasteiger partial charge in [0.05, 0.1) is 0 Å². The van der Waals surface area contributed by atoms with E-state index in [2.05, 4.69) is 31.1 Å². The molecule has 94 valence electrons. The topological polar surface area (TPSA) is 15.3 Å². The van der Waals surface area contributed by atoms with Crippen molar-refractivity contribution >= 4 is 0 Å². The van der Waals surface area contributed by atoms with Gasteiger partial charge in [-0.05, 0) is 64.1 Å². The van der Waals surface area contributed by atoms with Crippen LogP contribution in [0, 0.1) is 11.8 Å². The Hall–Kier alpha value is -0.0800. The molecule has 1 saturated heterocycles. The third kappa shape index (κ3) is 3.46. The minimum Gasteiger partial charge on any atom is -0.311 e. The van der Waals surface area contributed by atoms with E-state index in [4.69, 9.17) is 0 Å². The van der Waals surface area contributed by atoms with Crippen LogP contribution in [0.5, 0.6) is 0 Å². The Morgan fingerprint density at radius 3 is 2.00 bits per heavy atom. The Balaban J connectivity index is 1.76. The molecule has 2 heteroatoms. The van der Waals surface area contributed by atoms with Gasteiger partial charge in [0, 0.05) is 12.1 Å². The van der Waals surface area contributed by atoms with Crippen LogP contribution in [-0.2, 0) is 0 Å². The van der Waals surface area contributed by atoms with Crippen LogP contribution < -0.4 is 5.32 Å². The fraction of sp³-hybridized carbons (Fsp3) is 1.00. The number of likely N-dealkylation sites (tertiary alicyclic amines) is 1. The average molecular weight is 224 g/mol. The van der Waals surface area contributed by atoms with Crippen molar-refractivity contribution in [2.45, 2.75) is 58.0 Å². The molecule has 2 fully saturated rings. The van der Waals surface area contributed by atoms with Crippen molar-refractivity contribution in [2.24, 2.45) is 11.8 Å². The number of hydrogen-bond donors (Lipinski definition) is 1. The summed E-state index contributed by atoms with van der Waals surface area (Å²) in [6.45, 7) is 7.38. The van der Waals surface area contributed by atoms with Crippen LogP contribution >= 0.6 is 0 Å². The van der Waals surface area contributed by atoms with Gasteiger partial charge in [-0.15, -0.1) is 0 Å². The predicted molar refractivity (Wildman–Crippen MR) is 69.6 cm³/mol. The number of piperidine rings is 1.